The van der Waals surface area contributed by atoms with Crippen LogP contribution in [0.25, 0.3) is 21.9 Å². The lowest BCUT2D eigenvalue weighted by Crippen LogP contribution is -2.21. The maximum atomic E-state index is 9.95. The van der Waals surface area contributed by atoms with Gasteiger partial charge in [0.05, 0.1) is 30.3 Å². The third kappa shape index (κ3) is 3.42. The first kappa shape index (κ1) is 18.3. The highest BCUT2D eigenvalue weighted by Gasteiger charge is 2.19. The molecule has 2 aromatic heterocycles. The smallest absolute Gasteiger partial charge is 0.152 e. The molecule has 9 nitrogen and oxygen atoms in total. The molecule has 6 N–H and O–H groups in total. The molecule has 1 atom stereocenters. The van der Waals surface area contributed by atoms with Gasteiger partial charge in [-0.3, -0.25) is 0 Å². The number of methoxy groups -OCH3 is 1. The molecule has 0 aliphatic carbocycles. The van der Waals surface area contributed by atoms with Crippen LogP contribution in [-0.4, -0.2) is 57.7 Å². The number of pyridine rings is 1. The highest BCUT2D eigenvalue weighted by molar-refractivity contribution is 6.06. The first-order chi connectivity index (χ1) is 12.6. The van der Waals surface area contributed by atoms with Crippen molar-refractivity contribution in [3.63, 3.8) is 0 Å². The summed E-state index contributed by atoms with van der Waals surface area (Å²) in [5.74, 6) is 1.52. The molecule has 3 rings (SSSR count). The largest absolute Gasteiger partial charge is 0.492 e. The number of aliphatic hydroxyl groups is 2. The molecule has 1 unspecified atom stereocenters. The predicted octanol–water partition coefficient (Wildman–Crippen LogP) is 0.00380. The molecule has 0 amide bonds. The van der Waals surface area contributed by atoms with Crippen LogP contribution in [0.2, 0.25) is 0 Å². The predicted molar refractivity (Wildman–Crippen MR) is 97.8 cm³/mol. The van der Waals surface area contributed by atoms with Gasteiger partial charge in [0, 0.05) is 25.1 Å². The van der Waals surface area contributed by atoms with Gasteiger partial charge < -0.3 is 35.7 Å². The van der Waals surface area contributed by atoms with Gasteiger partial charge in [0.25, 0.3) is 0 Å². The van der Waals surface area contributed by atoms with Crippen LogP contribution in [0.5, 0.6) is 5.75 Å². The second-order valence-corrected chi connectivity index (χ2v) is 5.92. The fraction of sp³-hybridized carbons (Fsp3) is 0.412. The number of hydrogen-bond donors (Lipinski definition) is 4. The van der Waals surface area contributed by atoms with Crippen LogP contribution < -0.4 is 16.2 Å². The van der Waals surface area contributed by atoms with Crippen molar-refractivity contribution >= 4 is 27.8 Å². The van der Waals surface area contributed by atoms with E-state index in [-0.39, 0.29) is 25.6 Å². The lowest BCUT2D eigenvalue weighted by Gasteiger charge is -2.14. The molecule has 0 saturated carbocycles. The van der Waals surface area contributed by atoms with E-state index in [0.717, 1.165) is 10.9 Å². The van der Waals surface area contributed by atoms with Crippen molar-refractivity contribution < 1.29 is 19.7 Å². The van der Waals surface area contributed by atoms with Crippen molar-refractivity contribution in [1.29, 1.82) is 0 Å². The average molecular weight is 361 g/mol. The van der Waals surface area contributed by atoms with Gasteiger partial charge in [-0.1, -0.05) is 0 Å². The van der Waals surface area contributed by atoms with Crippen LogP contribution in [0.1, 0.15) is 5.82 Å². The summed E-state index contributed by atoms with van der Waals surface area (Å²) in [7, 11) is 1.56. The topological polar surface area (TPSA) is 142 Å². The molecule has 0 radical (unpaired) electrons. The van der Waals surface area contributed by atoms with Gasteiger partial charge in [-0.2, -0.15) is 0 Å². The molecule has 2 heterocycles. The molecule has 26 heavy (non-hydrogen) atoms. The van der Waals surface area contributed by atoms with Gasteiger partial charge in [-0.15, -0.1) is 0 Å². The zero-order valence-electron chi connectivity index (χ0n) is 14.6. The maximum Gasteiger partial charge on any atom is 0.152 e. The number of nitrogens with zero attached hydrogens (tertiary/aromatic N) is 3. The molecule has 0 aliphatic heterocycles. The van der Waals surface area contributed by atoms with Crippen molar-refractivity contribution in [3.05, 3.63) is 24.0 Å². The van der Waals surface area contributed by atoms with Crippen LogP contribution in [0.4, 0.5) is 5.82 Å². The Balaban J connectivity index is 2.22. The summed E-state index contributed by atoms with van der Waals surface area (Å²) in [6.45, 7) is 0.865. The van der Waals surface area contributed by atoms with Crippen molar-refractivity contribution in [3.8, 4) is 5.75 Å². The molecule has 0 spiro atoms. The van der Waals surface area contributed by atoms with Gasteiger partial charge >= 0.3 is 0 Å². The molecule has 0 saturated heterocycles. The van der Waals surface area contributed by atoms with E-state index in [1.165, 1.54) is 0 Å². The van der Waals surface area contributed by atoms with Gasteiger partial charge in [-0.05, 0) is 12.1 Å². The molecule has 0 aliphatic rings. The summed E-state index contributed by atoms with van der Waals surface area (Å²) < 4.78 is 12.6. The first-order valence-electron chi connectivity index (χ1n) is 8.28. The van der Waals surface area contributed by atoms with E-state index in [0.29, 0.717) is 35.8 Å². The Bertz CT molecular complexity index is 911. The van der Waals surface area contributed by atoms with Crippen molar-refractivity contribution in [2.24, 2.45) is 5.73 Å². The number of hydrogen-bond acceptors (Lipinski definition) is 8. The molecule has 140 valence electrons. The number of imidazole rings is 1. The van der Waals surface area contributed by atoms with E-state index in [9.17, 15) is 10.2 Å². The highest BCUT2D eigenvalue weighted by atomic mass is 16.5. The van der Waals surface area contributed by atoms with Crippen molar-refractivity contribution in [2.45, 2.75) is 19.3 Å². The third-order valence-electron chi connectivity index (χ3n) is 4.02. The quantitative estimate of drug-likeness (QED) is 0.439. The van der Waals surface area contributed by atoms with E-state index in [4.69, 9.17) is 20.9 Å². The Labute approximate surface area is 150 Å². The second-order valence-electron chi connectivity index (χ2n) is 5.92. The number of ether oxygens (including phenoxy) is 2. The average Bonchev–Trinajstić information content (AvgIpc) is 2.99. The summed E-state index contributed by atoms with van der Waals surface area (Å²) in [6, 6.07) is 5.48. The molecule has 0 fully saturated rings. The Morgan fingerprint density at radius 2 is 2.12 bits per heavy atom. The third-order valence-corrected chi connectivity index (χ3v) is 4.02. The Hall–Kier alpha value is -2.46. The van der Waals surface area contributed by atoms with Crippen LogP contribution in [0, 0.1) is 0 Å². The fourth-order valence-electron chi connectivity index (χ4n) is 2.91. The van der Waals surface area contributed by atoms with Crippen LogP contribution in [0.15, 0.2) is 18.2 Å². The molecule has 9 heteroatoms. The number of aliphatic hydroxyl groups excluding tert-OH is 2. The van der Waals surface area contributed by atoms with Crippen molar-refractivity contribution in [1.82, 2.24) is 14.5 Å². The molecular weight excluding hydrogens is 338 g/mol. The lowest BCUT2D eigenvalue weighted by molar-refractivity contribution is 0.0794. The summed E-state index contributed by atoms with van der Waals surface area (Å²) in [5.41, 5.74) is 13.5. The van der Waals surface area contributed by atoms with E-state index in [1.54, 1.807) is 17.7 Å². The summed E-state index contributed by atoms with van der Waals surface area (Å²) in [4.78, 5) is 8.95. The van der Waals surface area contributed by atoms with Gasteiger partial charge in [0.2, 0.25) is 0 Å². The number of fused-ring (bicyclic) bond motifs is 3. The Kier molecular flexibility index (Phi) is 5.52. The van der Waals surface area contributed by atoms with Crippen molar-refractivity contribution in [2.75, 3.05) is 32.6 Å². The number of benzene rings is 1. The highest BCUT2D eigenvalue weighted by Crippen LogP contribution is 2.31. The fourth-order valence-corrected chi connectivity index (χ4v) is 2.91. The van der Waals surface area contributed by atoms with E-state index in [2.05, 4.69) is 9.97 Å². The standard InChI is InChI=1S/C17H23N5O4/c1-25-9-14-21-15-16(22(14)7-10(24)8-23)12-3-2-11(26-5-4-18)6-13(12)20-17(15)19/h2-3,6,10,23-24H,4-5,7-9,18H2,1H3,(H2,19,20). The molecule has 0 bridgehead atoms. The van der Waals surface area contributed by atoms with E-state index < -0.39 is 6.10 Å². The molecule has 1 aromatic carbocycles. The minimum atomic E-state index is -0.931. The van der Waals surface area contributed by atoms with Crippen LogP contribution in [0.3, 0.4) is 0 Å². The Morgan fingerprint density at radius 3 is 2.81 bits per heavy atom. The zero-order valence-corrected chi connectivity index (χ0v) is 14.6. The normalized spacial score (nSPS) is 12.8. The van der Waals surface area contributed by atoms with Gasteiger partial charge in [0.1, 0.15) is 30.3 Å². The number of nitrogens with two attached hydrogens (primary N) is 2. The Morgan fingerprint density at radius 1 is 1.31 bits per heavy atom. The summed E-state index contributed by atoms with van der Waals surface area (Å²) in [6.07, 6.45) is -0.931. The maximum absolute atomic E-state index is 9.95. The van der Waals surface area contributed by atoms with E-state index in [1.807, 2.05) is 12.1 Å². The second kappa shape index (κ2) is 7.83. The number of anilines is 1. The molecule has 3 aromatic rings. The number of rotatable bonds is 8. The van der Waals surface area contributed by atoms with Crippen LogP contribution in [-0.2, 0) is 17.9 Å². The van der Waals surface area contributed by atoms with Crippen LogP contribution >= 0.6 is 0 Å². The van der Waals surface area contributed by atoms with Gasteiger partial charge in [-0.25, -0.2) is 9.97 Å². The van der Waals surface area contributed by atoms with E-state index >= 15 is 0 Å². The van der Waals surface area contributed by atoms with Gasteiger partial charge in [0.15, 0.2) is 5.82 Å². The first-order valence-corrected chi connectivity index (χ1v) is 8.28. The number of nitrogen functional groups attached to an aromatic ring is 1. The lowest BCUT2D eigenvalue weighted by atomic mass is 10.1. The molecular formula is C17H23N5O4. The number of aromatic nitrogens is 3. The summed E-state index contributed by atoms with van der Waals surface area (Å²) in [5, 5.41) is 20.0. The summed E-state index contributed by atoms with van der Waals surface area (Å²) >= 11 is 0. The minimum absolute atomic E-state index is 0.162. The SMILES string of the molecule is COCc1nc2c(N)nc3cc(OCCN)ccc3c2n1CC(O)CO. The monoisotopic (exact) mass is 361 g/mol. The minimum Gasteiger partial charge on any atom is -0.492 e. The zero-order chi connectivity index (χ0) is 18.7.